The number of aromatic nitrogens is 2. The molecule has 1 aliphatic carbocycles. The molecule has 1 N–H and O–H groups in total. The maximum absolute atomic E-state index is 13.7. The zero-order valence-corrected chi connectivity index (χ0v) is 22.7. The van der Waals surface area contributed by atoms with Crippen LogP contribution >= 0.6 is 9.24 Å². The van der Waals surface area contributed by atoms with Gasteiger partial charge in [-0.3, -0.25) is 14.3 Å². The minimum Gasteiger partial charge on any atom is -0.339 e. The normalized spacial score (nSPS) is 20.2. The van der Waals surface area contributed by atoms with Crippen LogP contribution in [0.3, 0.4) is 0 Å². The van der Waals surface area contributed by atoms with Crippen molar-refractivity contribution in [1.82, 2.24) is 15.1 Å². The number of allylic oxidation sites excluding steroid dienone is 4. The molecular formula is C24H26B3N4O4PS. The molecule has 1 aromatic carbocycles. The molecule has 0 bridgehead atoms. The van der Waals surface area contributed by atoms with Crippen LogP contribution in [-0.2, 0) is 27.6 Å². The van der Waals surface area contributed by atoms with Gasteiger partial charge in [-0.15, -0.1) is 9.24 Å². The van der Waals surface area contributed by atoms with E-state index in [4.69, 9.17) is 23.5 Å². The van der Waals surface area contributed by atoms with Gasteiger partial charge in [-0.2, -0.15) is 5.10 Å². The zero-order chi connectivity index (χ0) is 27.1. The summed E-state index contributed by atoms with van der Waals surface area (Å²) in [5.74, 6) is -1.59. The minimum atomic E-state index is -3.50. The van der Waals surface area contributed by atoms with Gasteiger partial charge in [-0.1, -0.05) is 30.4 Å². The molecule has 2 heterocycles. The van der Waals surface area contributed by atoms with Crippen LogP contribution in [0, 0.1) is 5.92 Å². The molecule has 1 aliphatic heterocycles. The lowest BCUT2D eigenvalue weighted by Gasteiger charge is -2.39. The summed E-state index contributed by atoms with van der Waals surface area (Å²) in [6, 6.07) is 3.26. The lowest BCUT2D eigenvalue weighted by atomic mass is 9.48. The van der Waals surface area contributed by atoms with Gasteiger partial charge in [0.1, 0.15) is 6.04 Å². The number of fused-ring (bicyclic) bond motifs is 1. The number of hydrogen-bond donors (Lipinski definition) is 1. The number of anilines is 1. The molecule has 3 atom stereocenters. The number of carbonyl (C=O) groups excluding carboxylic acids is 2. The Labute approximate surface area is 223 Å². The molecule has 1 aromatic heterocycles. The molecule has 2 aromatic rings. The zero-order valence-electron chi connectivity index (χ0n) is 20.7. The highest BCUT2D eigenvalue weighted by Gasteiger charge is 2.40. The van der Waals surface area contributed by atoms with E-state index in [1.165, 1.54) is 18.2 Å². The van der Waals surface area contributed by atoms with Gasteiger partial charge in [0.2, 0.25) is 5.91 Å². The summed E-state index contributed by atoms with van der Waals surface area (Å²) in [5, 5.41) is 5.70. The van der Waals surface area contributed by atoms with E-state index < -0.39 is 38.8 Å². The Morgan fingerprint density at radius 3 is 2.62 bits per heavy atom. The third kappa shape index (κ3) is 5.96. The monoisotopic (exact) mass is 530 g/mol. The molecule has 8 nitrogen and oxygen atoms in total. The first-order valence-electron chi connectivity index (χ1n) is 11.8. The van der Waals surface area contributed by atoms with Gasteiger partial charge in [-0.05, 0) is 54.5 Å². The highest BCUT2D eigenvalue weighted by molar-refractivity contribution is 7.90. The van der Waals surface area contributed by atoms with Gasteiger partial charge in [0.15, 0.2) is 15.5 Å². The van der Waals surface area contributed by atoms with Gasteiger partial charge in [0.25, 0.3) is 5.91 Å². The lowest BCUT2D eigenvalue weighted by molar-refractivity contribution is -0.121. The second-order valence-electron chi connectivity index (χ2n) is 9.65. The quantitative estimate of drug-likeness (QED) is 0.434. The standard InChI is InChI=1S/C24H26B3N4O4PS/c1-14-10-16-11-17(37(2,34)35)8-9-18(16)31(24(25,26)27)23(33)20(14)28-22(32)21-19(36)13-30(29-21)12-15-6-4-3-5-7-15/h4,6-9,11,13-14,20H,3,5,10,12,36H2,1-2H3,(H,28,32)/t14-,20-/m1/s1. The van der Waals surface area contributed by atoms with Crippen LogP contribution < -0.4 is 15.5 Å². The van der Waals surface area contributed by atoms with Crippen LogP contribution in [0.1, 0.15) is 35.8 Å². The van der Waals surface area contributed by atoms with E-state index in [2.05, 4.69) is 31.8 Å². The van der Waals surface area contributed by atoms with E-state index in [-0.39, 0.29) is 17.0 Å². The van der Waals surface area contributed by atoms with Crippen LogP contribution in [0.5, 0.6) is 0 Å². The Bertz CT molecular complexity index is 1420. The highest BCUT2D eigenvalue weighted by atomic mass is 32.2. The van der Waals surface area contributed by atoms with Crippen molar-refractivity contribution in [1.29, 1.82) is 0 Å². The van der Waals surface area contributed by atoms with Crippen LogP contribution in [0.2, 0.25) is 0 Å². The highest BCUT2D eigenvalue weighted by Crippen LogP contribution is 2.34. The summed E-state index contributed by atoms with van der Waals surface area (Å²) in [5.41, 5.74) is 2.08. The van der Waals surface area contributed by atoms with Gasteiger partial charge in [0, 0.05) is 23.4 Å². The van der Waals surface area contributed by atoms with Crippen molar-refractivity contribution in [2.45, 2.75) is 48.9 Å². The Morgan fingerprint density at radius 2 is 2.00 bits per heavy atom. The third-order valence-electron chi connectivity index (χ3n) is 6.41. The number of sulfone groups is 1. The molecule has 0 spiro atoms. The second-order valence-corrected chi connectivity index (χ2v) is 12.3. The molecule has 0 fully saturated rings. The first-order chi connectivity index (χ1) is 17.3. The number of hydrogen-bond acceptors (Lipinski definition) is 5. The van der Waals surface area contributed by atoms with Crippen molar-refractivity contribution in [3.63, 3.8) is 0 Å². The number of nitrogens with one attached hydrogen (secondary N) is 1. The molecule has 4 rings (SSSR count). The molecule has 2 aliphatic rings. The Balaban J connectivity index is 1.63. The van der Waals surface area contributed by atoms with Gasteiger partial charge < -0.3 is 10.2 Å². The molecule has 37 heavy (non-hydrogen) atoms. The van der Waals surface area contributed by atoms with Crippen LogP contribution in [-0.4, -0.2) is 71.1 Å². The smallest absolute Gasteiger partial charge is 0.273 e. The van der Waals surface area contributed by atoms with Crippen LogP contribution in [0.4, 0.5) is 5.69 Å². The maximum Gasteiger partial charge on any atom is 0.273 e. The van der Waals surface area contributed by atoms with E-state index in [1.807, 2.05) is 6.08 Å². The summed E-state index contributed by atoms with van der Waals surface area (Å²) in [4.78, 5) is 28.1. The molecular weight excluding hydrogens is 504 g/mol. The largest absolute Gasteiger partial charge is 0.339 e. The van der Waals surface area contributed by atoms with Gasteiger partial charge in [-0.25, -0.2) is 8.42 Å². The molecule has 1 unspecified atom stereocenters. The number of nitrogens with zero attached hydrogens (tertiary/aromatic N) is 3. The topological polar surface area (TPSA) is 101 Å². The number of amides is 2. The molecule has 186 valence electrons. The van der Waals surface area contributed by atoms with E-state index in [0.717, 1.165) is 29.6 Å². The Morgan fingerprint density at radius 1 is 1.27 bits per heavy atom. The minimum absolute atomic E-state index is 0.0890. The van der Waals surface area contributed by atoms with Gasteiger partial charge in [0.05, 0.1) is 35.0 Å². The molecule has 6 radical (unpaired) electrons. The van der Waals surface area contributed by atoms with Crippen molar-refractivity contribution in [2.75, 3.05) is 11.2 Å². The predicted molar refractivity (Wildman–Crippen MR) is 149 cm³/mol. The fraction of sp³-hybridized carbons (Fsp3) is 0.375. The molecule has 0 saturated carbocycles. The average molecular weight is 530 g/mol. The Kier molecular flexibility index (Phi) is 7.64. The van der Waals surface area contributed by atoms with Gasteiger partial charge >= 0.3 is 0 Å². The van der Waals surface area contributed by atoms with E-state index in [0.29, 0.717) is 23.1 Å². The van der Waals surface area contributed by atoms with Crippen LogP contribution in [0.15, 0.2) is 53.1 Å². The first kappa shape index (κ1) is 27.5. The SMILES string of the molecule is [B]C([B])([B])N1C(=O)[C@H](NC(=O)c2nn(CC3=CCCC=C3)cc2P)[C@H](C)Cc2cc(S(C)(=O)=O)ccc21. The summed E-state index contributed by atoms with van der Waals surface area (Å²) < 4.78 is 25.9. The van der Waals surface area contributed by atoms with E-state index in [1.54, 1.807) is 17.8 Å². The first-order valence-corrected chi connectivity index (χ1v) is 14.3. The van der Waals surface area contributed by atoms with E-state index >= 15 is 0 Å². The average Bonchev–Trinajstić information content (AvgIpc) is 3.12. The summed E-state index contributed by atoms with van der Waals surface area (Å²) in [7, 11) is 16.9. The molecule has 2 amide bonds. The van der Waals surface area contributed by atoms with E-state index in [9.17, 15) is 18.0 Å². The predicted octanol–water partition coefficient (Wildman–Crippen LogP) is 0.504. The van der Waals surface area contributed by atoms with Crippen molar-refractivity contribution >= 4 is 65.4 Å². The molecule has 0 saturated heterocycles. The van der Waals surface area contributed by atoms with Crippen molar-refractivity contribution in [3.05, 3.63) is 59.5 Å². The summed E-state index contributed by atoms with van der Waals surface area (Å²) in [6.07, 6.45) is 11.4. The number of carbonyl (C=O) groups is 2. The maximum atomic E-state index is 13.7. The summed E-state index contributed by atoms with van der Waals surface area (Å²) >= 11 is 0. The van der Waals surface area contributed by atoms with Crippen molar-refractivity contribution < 1.29 is 18.0 Å². The van der Waals surface area contributed by atoms with Crippen LogP contribution in [0.25, 0.3) is 0 Å². The third-order valence-corrected chi connectivity index (χ3v) is 7.95. The Hall–Kier alpha value is -2.58. The summed E-state index contributed by atoms with van der Waals surface area (Å²) in [6.45, 7) is 2.29. The lowest BCUT2D eigenvalue weighted by Crippen LogP contribution is -2.60. The molecule has 13 heteroatoms. The number of benzene rings is 1. The second kappa shape index (κ2) is 10.3. The number of rotatable bonds is 6. The fourth-order valence-electron chi connectivity index (χ4n) is 4.62. The van der Waals surface area contributed by atoms with Crippen molar-refractivity contribution in [2.24, 2.45) is 5.92 Å². The fourth-order valence-corrected chi connectivity index (χ4v) is 5.65. The van der Waals surface area contributed by atoms with Crippen molar-refractivity contribution in [3.8, 4) is 0 Å².